The highest BCUT2D eigenvalue weighted by atomic mass is 32.2. The second-order valence-corrected chi connectivity index (χ2v) is 6.74. The van der Waals surface area contributed by atoms with Crippen LogP contribution in [0.15, 0.2) is 17.0 Å². The number of nitrogens with one attached hydrogen (secondary N) is 1. The molecule has 0 aliphatic heterocycles. The molecule has 0 aliphatic rings. The van der Waals surface area contributed by atoms with Crippen LogP contribution in [-0.2, 0) is 20.8 Å². The standard InChI is InChI=1S/C9H12F2N2O3S2/c1-17(14)5-4-13-18(15,16)7-3-2-6(10)9(12)8(7)11/h2-3,13H,4-5,12H2,1H3. The van der Waals surface area contributed by atoms with E-state index in [0.717, 1.165) is 12.1 Å². The minimum absolute atomic E-state index is 0.0948. The number of nitrogen functional groups attached to an aromatic ring is 1. The monoisotopic (exact) mass is 298 g/mol. The zero-order valence-corrected chi connectivity index (χ0v) is 11.1. The lowest BCUT2D eigenvalue weighted by Gasteiger charge is -2.08. The lowest BCUT2D eigenvalue weighted by molar-refractivity contribution is 0.549. The van der Waals surface area contributed by atoms with E-state index < -0.39 is 43.0 Å². The predicted molar refractivity (Wildman–Crippen MR) is 64.9 cm³/mol. The van der Waals surface area contributed by atoms with Gasteiger partial charge in [-0.3, -0.25) is 4.21 Å². The zero-order chi connectivity index (χ0) is 13.9. The van der Waals surface area contributed by atoms with Crippen LogP contribution in [0, 0.1) is 11.6 Å². The van der Waals surface area contributed by atoms with Gasteiger partial charge < -0.3 is 5.73 Å². The van der Waals surface area contributed by atoms with Crippen molar-refractivity contribution in [3.63, 3.8) is 0 Å². The van der Waals surface area contributed by atoms with Gasteiger partial charge in [0, 0.05) is 29.4 Å². The second kappa shape index (κ2) is 5.72. The molecule has 0 saturated heterocycles. The molecule has 0 fully saturated rings. The quantitative estimate of drug-likeness (QED) is 0.760. The van der Waals surface area contributed by atoms with Crippen molar-refractivity contribution in [1.82, 2.24) is 4.72 Å². The fourth-order valence-electron chi connectivity index (χ4n) is 1.15. The number of anilines is 1. The molecule has 0 spiro atoms. The first kappa shape index (κ1) is 15.0. The van der Waals surface area contributed by atoms with Gasteiger partial charge in [0.1, 0.15) is 16.4 Å². The van der Waals surface area contributed by atoms with Gasteiger partial charge in [-0.15, -0.1) is 0 Å². The number of rotatable bonds is 5. The Morgan fingerprint density at radius 3 is 2.56 bits per heavy atom. The van der Waals surface area contributed by atoms with E-state index in [1.54, 1.807) is 0 Å². The van der Waals surface area contributed by atoms with Crippen molar-refractivity contribution in [2.24, 2.45) is 0 Å². The fourth-order valence-corrected chi connectivity index (χ4v) is 2.79. The lowest BCUT2D eigenvalue weighted by Crippen LogP contribution is -2.28. The van der Waals surface area contributed by atoms with Crippen LogP contribution in [0.25, 0.3) is 0 Å². The first-order chi connectivity index (χ1) is 8.25. The molecule has 1 atom stereocenters. The van der Waals surface area contributed by atoms with Gasteiger partial charge in [0.2, 0.25) is 10.0 Å². The van der Waals surface area contributed by atoms with E-state index in [9.17, 15) is 21.4 Å². The van der Waals surface area contributed by atoms with Crippen molar-refractivity contribution in [3.8, 4) is 0 Å². The van der Waals surface area contributed by atoms with Crippen LogP contribution in [-0.4, -0.2) is 31.2 Å². The van der Waals surface area contributed by atoms with Gasteiger partial charge in [-0.05, 0) is 12.1 Å². The normalized spacial score (nSPS) is 13.5. The third kappa shape index (κ3) is 3.47. The Balaban J connectivity index is 2.99. The fraction of sp³-hybridized carbons (Fsp3) is 0.333. The number of hydrogen-bond donors (Lipinski definition) is 2. The Morgan fingerprint density at radius 1 is 1.39 bits per heavy atom. The molecule has 3 N–H and O–H groups in total. The molecule has 0 aliphatic carbocycles. The van der Waals surface area contributed by atoms with Crippen molar-refractivity contribution in [2.45, 2.75) is 4.90 Å². The summed E-state index contributed by atoms with van der Waals surface area (Å²) in [5, 5.41) is 0. The maximum absolute atomic E-state index is 13.5. The average Bonchev–Trinajstić information content (AvgIpc) is 2.24. The molecule has 0 saturated carbocycles. The molecule has 0 aromatic heterocycles. The molecule has 1 rings (SSSR count). The maximum Gasteiger partial charge on any atom is 0.243 e. The molecule has 0 amide bonds. The molecule has 0 radical (unpaired) electrons. The molecule has 0 heterocycles. The topological polar surface area (TPSA) is 89.3 Å². The largest absolute Gasteiger partial charge is 0.394 e. The molecule has 0 bridgehead atoms. The van der Waals surface area contributed by atoms with Gasteiger partial charge in [-0.1, -0.05) is 0 Å². The molecule has 102 valence electrons. The molecule has 18 heavy (non-hydrogen) atoms. The van der Waals surface area contributed by atoms with E-state index in [0.29, 0.717) is 0 Å². The van der Waals surface area contributed by atoms with Gasteiger partial charge in [-0.25, -0.2) is 21.9 Å². The number of nitrogens with two attached hydrogens (primary N) is 1. The summed E-state index contributed by atoms with van der Waals surface area (Å²) in [5.74, 6) is -2.27. The van der Waals surface area contributed by atoms with Gasteiger partial charge in [0.25, 0.3) is 0 Å². The van der Waals surface area contributed by atoms with Crippen molar-refractivity contribution in [2.75, 3.05) is 24.3 Å². The van der Waals surface area contributed by atoms with Gasteiger partial charge >= 0.3 is 0 Å². The van der Waals surface area contributed by atoms with Gasteiger partial charge in [-0.2, -0.15) is 0 Å². The molecule has 1 unspecified atom stereocenters. The Hall–Kier alpha value is -1.06. The summed E-state index contributed by atoms with van der Waals surface area (Å²) in [4.78, 5) is -0.733. The summed E-state index contributed by atoms with van der Waals surface area (Å²) in [6, 6.07) is 1.55. The van der Waals surface area contributed by atoms with Crippen LogP contribution in [0.1, 0.15) is 0 Å². The first-order valence-corrected chi connectivity index (χ1v) is 8.00. The van der Waals surface area contributed by atoms with Crippen molar-refractivity contribution < 1.29 is 21.4 Å². The smallest absolute Gasteiger partial charge is 0.243 e. The maximum atomic E-state index is 13.5. The average molecular weight is 298 g/mol. The minimum atomic E-state index is -4.13. The van der Waals surface area contributed by atoms with Gasteiger partial charge in [0.05, 0.1) is 0 Å². The third-order valence-corrected chi connectivity index (χ3v) is 4.32. The van der Waals surface area contributed by atoms with Crippen molar-refractivity contribution in [1.29, 1.82) is 0 Å². The van der Waals surface area contributed by atoms with Crippen molar-refractivity contribution >= 4 is 26.5 Å². The van der Waals surface area contributed by atoms with E-state index in [2.05, 4.69) is 4.72 Å². The van der Waals surface area contributed by atoms with Crippen LogP contribution in [0.5, 0.6) is 0 Å². The van der Waals surface area contributed by atoms with Gasteiger partial charge in [0.15, 0.2) is 5.82 Å². The Bertz CT molecular complexity index is 575. The summed E-state index contributed by atoms with van der Waals surface area (Å²) in [7, 11) is -5.31. The molecule has 5 nitrogen and oxygen atoms in total. The van der Waals surface area contributed by atoms with E-state index in [1.165, 1.54) is 6.26 Å². The first-order valence-electron chi connectivity index (χ1n) is 4.79. The summed E-state index contributed by atoms with van der Waals surface area (Å²) >= 11 is 0. The lowest BCUT2D eigenvalue weighted by atomic mass is 10.3. The minimum Gasteiger partial charge on any atom is -0.394 e. The van der Waals surface area contributed by atoms with Crippen molar-refractivity contribution in [3.05, 3.63) is 23.8 Å². The molecular formula is C9H12F2N2O3S2. The van der Waals surface area contributed by atoms with Crippen LogP contribution in [0.2, 0.25) is 0 Å². The highest BCUT2D eigenvalue weighted by Gasteiger charge is 2.22. The predicted octanol–water partition coefficient (Wildman–Crippen LogP) is 0.204. The summed E-state index contributed by atoms with van der Waals surface area (Å²) in [5.41, 5.74) is 4.22. The summed E-state index contributed by atoms with van der Waals surface area (Å²) < 4.78 is 62.5. The number of benzene rings is 1. The summed E-state index contributed by atoms with van der Waals surface area (Å²) in [6.07, 6.45) is 1.41. The zero-order valence-electron chi connectivity index (χ0n) is 9.44. The Morgan fingerprint density at radius 2 is 2.00 bits per heavy atom. The highest BCUT2D eigenvalue weighted by molar-refractivity contribution is 7.89. The Kier molecular flexibility index (Phi) is 4.77. The number of halogens is 2. The van der Waals surface area contributed by atoms with E-state index in [-0.39, 0.29) is 12.3 Å². The number of hydrogen-bond acceptors (Lipinski definition) is 4. The van der Waals surface area contributed by atoms with E-state index in [4.69, 9.17) is 5.73 Å². The molecule has 1 aromatic carbocycles. The molecule has 1 aromatic rings. The highest BCUT2D eigenvalue weighted by Crippen LogP contribution is 2.22. The SMILES string of the molecule is CS(=O)CCNS(=O)(=O)c1ccc(F)c(N)c1F. The third-order valence-electron chi connectivity index (χ3n) is 2.06. The number of sulfonamides is 1. The molecule has 9 heteroatoms. The van der Waals surface area contributed by atoms with Crippen LogP contribution >= 0.6 is 0 Å². The summed E-state index contributed by atoms with van der Waals surface area (Å²) in [6.45, 7) is -0.109. The Labute approximate surface area is 106 Å². The molecular weight excluding hydrogens is 286 g/mol. The van der Waals surface area contributed by atoms with Crippen LogP contribution in [0.4, 0.5) is 14.5 Å². The second-order valence-electron chi connectivity index (χ2n) is 3.45. The van der Waals surface area contributed by atoms with Crippen LogP contribution < -0.4 is 10.5 Å². The van der Waals surface area contributed by atoms with E-state index >= 15 is 0 Å². The van der Waals surface area contributed by atoms with Crippen LogP contribution in [0.3, 0.4) is 0 Å². The van der Waals surface area contributed by atoms with E-state index in [1.807, 2.05) is 0 Å².